The minimum atomic E-state index is -0.218. The fourth-order valence-corrected chi connectivity index (χ4v) is 2.03. The normalized spacial score (nSPS) is 13.6. The van der Waals surface area contributed by atoms with Gasteiger partial charge in [-0.15, -0.1) is 0 Å². The van der Waals surface area contributed by atoms with E-state index < -0.39 is 0 Å². The van der Waals surface area contributed by atoms with Crippen molar-refractivity contribution in [2.75, 3.05) is 5.73 Å². The minimum Gasteiger partial charge on any atom is -0.439 e. The van der Waals surface area contributed by atoms with Crippen molar-refractivity contribution in [2.24, 2.45) is 0 Å². The van der Waals surface area contributed by atoms with Crippen LogP contribution >= 0.6 is 0 Å². The molecule has 0 atom stereocenters. The first kappa shape index (κ1) is 10.8. The largest absolute Gasteiger partial charge is 0.439 e. The lowest BCUT2D eigenvalue weighted by molar-refractivity contribution is 0.468. The third-order valence-corrected chi connectivity index (χ3v) is 2.94. The van der Waals surface area contributed by atoms with Crippen molar-refractivity contribution in [3.05, 3.63) is 52.1 Å². The van der Waals surface area contributed by atoms with Gasteiger partial charge in [0.1, 0.15) is 12.3 Å². The first-order chi connectivity index (χ1) is 8.74. The first-order valence-corrected chi connectivity index (χ1v) is 5.84. The van der Waals surface area contributed by atoms with Gasteiger partial charge in [0.15, 0.2) is 0 Å². The number of rotatable bonds is 2. The van der Waals surface area contributed by atoms with Gasteiger partial charge >= 0.3 is 0 Å². The van der Waals surface area contributed by atoms with Crippen molar-refractivity contribution in [1.82, 2.24) is 9.55 Å². The standard InChI is InChI=1S/C13H13N3O2/c14-9-4-3-7-16(13(9)17)8-12-15-10-5-1-2-6-11(10)18-12/h2-4,6-7H,1,5,8,14H2. The van der Waals surface area contributed by atoms with E-state index in [1.54, 1.807) is 18.3 Å². The van der Waals surface area contributed by atoms with E-state index in [0.29, 0.717) is 12.4 Å². The van der Waals surface area contributed by atoms with E-state index in [1.165, 1.54) is 4.57 Å². The summed E-state index contributed by atoms with van der Waals surface area (Å²) in [4.78, 5) is 16.2. The van der Waals surface area contributed by atoms with Gasteiger partial charge in [-0.25, -0.2) is 4.98 Å². The molecular formula is C13H13N3O2. The smallest absolute Gasteiger partial charge is 0.274 e. The van der Waals surface area contributed by atoms with Crippen LogP contribution in [-0.2, 0) is 13.0 Å². The zero-order chi connectivity index (χ0) is 12.5. The average Bonchev–Trinajstić information content (AvgIpc) is 2.77. The van der Waals surface area contributed by atoms with Crippen LogP contribution in [0.3, 0.4) is 0 Å². The van der Waals surface area contributed by atoms with Crippen molar-refractivity contribution in [1.29, 1.82) is 0 Å². The predicted octanol–water partition coefficient (Wildman–Crippen LogP) is 1.43. The number of anilines is 1. The van der Waals surface area contributed by atoms with Gasteiger partial charge in [-0.3, -0.25) is 4.79 Å². The molecule has 2 aromatic rings. The fraction of sp³-hybridized carbons (Fsp3) is 0.231. The van der Waals surface area contributed by atoms with Gasteiger partial charge in [0.25, 0.3) is 5.56 Å². The lowest BCUT2D eigenvalue weighted by Crippen LogP contribution is -2.22. The molecule has 5 nitrogen and oxygen atoms in total. The Balaban J connectivity index is 1.93. The van der Waals surface area contributed by atoms with Crippen molar-refractivity contribution in [3.63, 3.8) is 0 Å². The Morgan fingerprint density at radius 2 is 2.39 bits per heavy atom. The molecule has 0 aromatic carbocycles. The number of hydrogen-bond donors (Lipinski definition) is 1. The molecular weight excluding hydrogens is 230 g/mol. The van der Waals surface area contributed by atoms with Crippen LogP contribution < -0.4 is 11.3 Å². The molecule has 0 aliphatic heterocycles. The lowest BCUT2D eigenvalue weighted by Gasteiger charge is -2.02. The van der Waals surface area contributed by atoms with Gasteiger partial charge in [0.05, 0.1) is 11.4 Å². The van der Waals surface area contributed by atoms with E-state index in [4.69, 9.17) is 10.2 Å². The van der Waals surface area contributed by atoms with E-state index in [9.17, 15) is 4.79 Å². The molecule has 1 aliphatic rings. The lowest BCUT2D eigenvalue weighted by atomic mass is 10.1. The van der Waals surface area contributed by atoms with Crippen LogP contribution in [0.2, 0.25) is 0 Å². The maximum atomic E-state index is 11.8. The fourth-order valence-electron chi connectivity index (χ4n) is 2.03. The number of nitrogens with zero attached hydrogens (tertiary/aromatic N) is 2. The third-order valence-electron chi connectivity index (χ3n) is 2.94. The summed E-state index contributed by atoms with van der Waals surface area (Å²) in [6.45, 7) is 0.310. The molecule has 0 unspecified atom stereocenters. The molecule has 1 aliphatic carbocycles. The molecule has 0 amide bonds. The highest BCUT2D eigenvalue weighted by molar-refractivity contribution is 5.48. The molecule has 0 radical (unpaired) electrons. The van der Waals surface area contributed by atoms with Gasteiger partial charge in [-0.1, -0.05) is 6.08 Å². The quantitative estimate of drug-likeness (QED) is 0.865. The number of pyridine rings is 1. The number of aryl methyl sites for hydroxylation is 1. The second-order valence-electron chi connectivity index (χ2n) is 4.26. The maximum absolute atomic E-state index is 11.8. The van der Waals surface area contributed by atoms with Crippen LogP contribution in [-0.4, -0.2) is 9.55 Å². The van der Waals surface area contributed by atoms with E-state index in [1.807, 2.05) is 6.08 Å². The zero-order valence-corrected chi connectivity index (χ0v) is 9.80. The molecule has 5 heteroatoms. The molecule has 18 heavy (non-hydrogen) atoms. The van der Waals surface area contributed by atoms with E-state index >= 15 is 0 Å². The molecule has 0 spiro atoms. The molecule has 0 fully saturated rings. The van der Waals surface area contributed by atoms with Gasteiger partial charge in [-0.2, -0.15) is 0 Å². The zero-order valence-electron chi connectivity index (χ0n) is 9.80. The van der Waals surface area contributed by atoms with Crippen LogP contribution in [0.15, 0.2) is 33.6 Å². The van der Waals surface area contributed by atoms with Crippen LogP contribution in [0.25, 0.3) is 6.08 Å². The van der Waals surface area contributed by atoms with Crippen LogP contribution in [0.1, 0.15) is 23.8 Å². The summed E-state index contributed by atoms with van der Waals surface area (Å²) in [5.41, 5.74) is 6.55. The van der Waals surface area contributed by atoms with Crippen molar-refractivity contribution in [2.45, 2.75) is 19.4 Å². The summed E-state index contributed by atoms with van der Waals surface area (Å²) in [6.07, 6.45) is 7.54. The number of aromatic nitrogens is 2. The number of fused-ring (bicyclic) bond motifs is 1. The van der Waals surface area contributed by atoms with Gasteiger partial charge < -0.3 is 14.7 Å². The van der Waals surface area contributed by atoms with Gasteiger partial charge in [0.2, 0.25) is 5.89 Å². The molecule has 3 rings (SSSR count). The molecule has 0 bridgehead atoms. The summed E-state index contributed by atoms with van der Waals surface area (Å²) in [6, 6.07) is 3.32. The van der Waals surface area contributed by atoms with Gasteiger partial charge in [-0.05, 0) is 31.1 Å². The molecule has 2 N–H and O–H groups in total. The highest BCUT2D eigenvalue weighted by Gasteiger charge is 2.14. The number of allylic oxidation sites excluding steroid dienone is 1. The maximum Gasteiger partial charge on any atom is 0.274 e. The summed E-state index contributed by atoms with van der Waals surface area (Å²) in [5.74, 6) is 1.34. The monoisotopic (exact) mass is 243 g/mol. The minimum absolute atomic E-state index is 0.218. The Kier molecular flexibility index (Phi) is 2.51. The third kappa shape index (κ3) is 1.84. The summed E-state index contributed by atoms with van der Waals surface area (Å²) in [7, 11) is 0. The van der Waals surface area contributed by atoms with Crippen LogP contribution in [0, 0.1) is 0 Å². The number of nitrogens with two attached hydrogens (primary N) is 1. The topological polar surface area (TPSA) is 74.1 Å². The highest BCUT2D eigenvalue weighted by atomic mass is 16.4. The second kappa shape index (κ2) is 4.18. The number of nitrogen functional groups attached to an aromatic ring is 1. The van der Waals surface area contributed by atoms with E-state index in [2.05, 4.69) is 11.1 Å². The molecule has 0 saturated carbocycles. The highest BCUT2D eigenvalue weighted by Crippen LogP contribution is 2.19. The van der Waals surface area contributed by atoms with Crippen LogP contribution in [0.4, 0.5) is 5.69 Å². The van der Waals surface area contributed by atoms with Crippen molar-refractivity contribution < 1.29 is 4.42 Å². The molecule has 92 valence electrons. The SMILES string of the molecule is Nc1cccn(Cc2nc3c(o2)C=CCC3)c1=O. The Morgan fingerprint density at radius 1 is 1.50 bits per heavy atom. The first-order valence-electron chi connectivity index (χ1n) is 5.84. The summed E-state index contributed by atoms with van der Waals surface area (Å²) < 4.78 is 7.10. The van der Waals surface area contributed by atoms with E-state index in [0.717, 1.165) is 24.3 Å². The molecule has 2 heterocycles. The summed E-state index contributed by atoms with van der Waals surface area (Å²) in [5, 5.41) is 0. The summed E-state index contributed by atoms with van der Waals surface area (Å²) >= 11 is 0. The Labute approximate surface area is 104 Å². The van der Waals surface area contributed by atoms with Crippen LogP contribution in [0.5, 0.6) is 0 Å². The number of oxazole rings is 1. The molecule has 0 saturated heterocycles. The second-order valence-corrected chi connectivity index (χ2v) is 4.26. The Morgan fingerprint density at radius 3 is 3.22 bits per heavy atom. The van der Waals surface area contributed by atoms with E-state index in [-0.39, 0.29) is 11.2 Å². The number of hydrogen-bond acceptors (Lipinski definition) is 4. The Hall–Kier alpha value is -2.30. The molecule has 2 aromatic heterocycles. The van der Waals surface area contributed by atoms with Crippen molar-refractivity contribution in [3.8, 4) is 0 Å². The van der Waals surface area contributed by atoms with Gasteiger partial charge in [0, 0.05) is 6.20 Å². The average molecular weight is 243 g/mol. The van der Waals surface area contributed by atoms with Crippen molar-refractivity contribution >= 4 is 11.8 Å². The predicted molar refractivity (Wildman–Crippen MR) is 68.1 cm³/mol. The Bertz CT molecular complexity index is 667.